The van der Waals surface area contributed by atoms with Crippen LogP contribution in [0.5, 0.6) is 0 Å². The molecular formula is C24H30ClN3O4. The van der Waals surface area contributed by atoms with Gasteiger partial charge in [0, 0.05) is 42.9 Å². The van der Waals surface area contributed by atoms with Crippen LogP contribution in [0.15, 0.2) is 18.2 Å². The van der Waals surface area contributed by atoms with Crippen molar-refractivity contribution in [2.24, 2.45) is 0 Å². The van der Waals surface area contributed by atoms with Crippen molar-refractivity contribution >= 4 is 34.5 Å². The van der Waals surface area contributed by atoms with Crippen LogP contribution in [-0.2, 0) is 17.6 Å². The number of amides is 2. The quantitative estimate of drug-likeness (QED) is 0.734. The molecule has 0 radical (unpaired) electrons. The predicted octanol–water partition coefficient (Wildman–Crippen LogP) is 3.82. The number of carbonyl (C=O) groups is 2. The summed E-state index contributed by atoms with van der Waals surface area (Å²) in [6.45, 7) is 3.39. The van der Waals surface area contributed by atoms with E-state index in [9.17, 15) is 14.7 Å². The topological polar surface area (TPSA) is 83.0 Å². The van der Waals surface area contributed by atoms with Crippen LogP contribution in [0, 0.1) is 0 Å². The number of halogens is 1. The molecule has 1 N–H and O–H groups in total. The van der Waals surface area contributed by atoms with E-state index in [-0.39, 0.29) is 24.6 Å². The minimum atomic E-state index is -0.383. The monoisotopic (exact) mass is 459 g/mol. The molecule has 2 amide bonds. The molecule has 1 saturated heterocycles. The molecule has 1 aliphatic heterocycles. The molecule has 2 aliphatic rings. The zero-order valence-electron chi connectivity index (χ0n) is 18.5. The van der Waals surface area contributed by atoms with Crippen LogP contribution in [0.4, 0.5) is 4.79 Å². The van der Waals surface area contributed by atoms with E-state index < -0.39 is 0 Å². The van der Waals surface area contributed by atoms with Crippen molar-refractivity contribution < 1.29 is 19.4 Å². The molecule has 1 aliphatic carbocycles. The Hall–Kier alpha value is -2.38. The fourth-order valence-electron chi connectivity index (χ4n) is 4.63. The number of benzene rings is 1. The summed E-state index contributed by atoms with van der Waals surface area (Å²) in [7, 11) is 0. The number of aryl methyl sites for hydroxylation is 1. The number of carbonyl (C=O) groups excluding carboxylic acids is 2. The van der Waals surface area contributed by atoms with Crippen molar-refractivity contribution in [1.82, 2.24) is 14.8 Å². The summed E-state index contributed by atoms with van der Waals surface area (Å²) in [5.41, 5.74) is 3.49. The maximum absolute atomic E-state index is 13.3. The lowest BCUT2D eigenvalue weighted by Gasteiger charge is -2.40. The van der Waals surface area contributed by atoms with Gasteiger partial charge in [0.25, 0.3) is 5.91 Å². The highest BCUT2D eigenvalue weighted by Gasteiger charge is 2.33. The molecule has 4 rings (SSSR count). The summed E-state index contributed by atoms with van der Waals surface area (Å²) in [5, 5.41) is 11.1. The number of nitrogens with zero attached hydrogens (tertiary/aromatic N) is 3. The highest BCUT2D eigenvalue weighted by Crippen LogP contribution is 2.33. The molecule has 32 heavy (non-hydrogen) atoms. The molecule has 2 heterocycles. The SMILES string of the molecule is CCCOC(=O)N1CCN(C(=O)c2ccc3c(Cl)c4c(nc3c2)CCCC4)CC1CCO. The predicted molar refractivity (Wildman–Crippen MR) is 123 cm³/mol. The smallest absolute Gasteiger partial charge is 0.410 e. The summed E-state index contributed by atoms with van der Waals surface area (Å²) in [6, 6.07) is 5.23. The Kier molecular flexibility index (Phi) is 7.16. The molecular weight excluding hydrogens is 430 g/mol. The van der Waals surface area contributed by atoms with Crippen molar-refractivity contribution in [3.63, 3.8) is 0 Å². The number of rotatable bonds is 5. The lowest BCUT2D eigenvalue weighted by Crippen LogP contribution is -2.57. The average molecular weight is 460 g/mol. The first-order valence-electron chi connectivity index (χ1n) is 11.5. The van der Waals surface area contributed by atoms with Gasteiger partial charge in [-0.3, -0.25) is 9.78 Å². The second-order valence-corrected chi connectivity index (χ2v) is 8.89. The van der Waals surface area contributed by atoms with Gasteiger partial charge < -0.3 is 19.6 Å². The van der Waals surface area contributed by atoms with Gasteiger partial charge in [0.15, 0.2) is 0 Å². The number of hydrogen-bond acceptors (Lipinski definition) is 5. The van der Waals surface area contributed by atoms with E-state index in [1.807, 2.05) is 19.1 Å². The molecule has 1 aromatic heterocycles. The molecule has 1 unspecified atom stereocenters. The van der Waals surface area contributed by atoms with E-state index in [0.717, 1.165) is 59.3 Å². The molecule has 1 atom stereocenters. The summed E-state index contributed by atoms with van der Waals surface area (Å²) in [6.07, 6.45) is 4.87. The van der Waals surface area contributed by atoms with Gasteiger partial charge in [-0.05, 0) is 56.2 Å². The highest BCUT2D eigenvalue weighted by molar-refractivity contribution is 6.36. The number of aromatic nitrogens is 1. The maximum atomic E-state index is 13.3. The summed E-state index contributed by atoms with van der Waals surface area (Å²) < 4.78 is 5.27. The molecule has 0 spiro atoms. The zero-order chi connectivity index (χ0) is 22.7. The summed E-state index contributed by atoms with van der Waals surface area (Å²) >= 11 is 6.67. The number of piperazine rings is 1. The van der Waals surface area contributed by atoms with Gasteiger partial charge in [-0.25, -0.2) is 4.79 Å². The van der Waals surface area contributed by atoms with Crippen LogP contribution in [0.1, 0.15) is 54.2 Å². The Balaban J connectivity index is 1.54. The van der Waals surface area contributed by atoms with Gasteiger partial charge in [-0.1, -0.05) is 24.6 Å². The Labute approximate surface area is 193 Å². The lowest BCUT2D eigenvalue weighted by atomic mass is 9.94. The first-order chi connectivity index (χ1) is 15.5. The Morgan fingerprint density at radius 1 is 1.25 bits per heavy atom. The fraction of sp³-hybridized carbons (Fsp3) is 0.542. The van der Waals surface area contributed by atoms with Crippen molar-refractivity contribution in [3.8, 4) is 0 Å². The van der Waals surface area contributed by atoms with Crippen LogP contribution in [-0.4, -0.2) is 70.8 Å². The van der Waals surface area contributed by atoms with Gasteiger partial charge in [0.2, 0.25) is 0 Å². The van der Waals surface area contributed by atoms with Gasteiger partial charge in [-0.2, -0.15) is 0 Å². The summed E-state index contributed by atoms with van der Waals surface area (Å²) in [5.74, 6) is -0.105. The highest BCUT2D eigenvalue weighted by atomic mass is 35.5. The second kappa shape index (κ2) is 10.0. The van der Waals surface area contributed by atoms with Crippen LogP contribution in [0.25, 0.3) is 10.9 Å². The van der Waals surface area contributed by atoms with Gasteiger partial charge in [-0.15, -0.1) is 0 Å². The van der Waals surface area contributed by atoms with E-state index in [0.29, 0.717) is 38.2 Å². The first-order valence-corrected chi connectivity index (χ1v) is 11.9. The van der Waals surface area contributed by atoms with E-state index in [1.165, 1.54) is 0 Å². The number of aliphatic hydroxyl groups excluding tert-OH is 1. The van der Waals surface area contributed by atoms with Crippen molar-refractivity contribution in [2.75, 3.05) is 32.8 Å². The van der Waals surface area contributed by atoms with E-state index in [1.54, 1.807) is 15.9 Å². The van der Waals surface area contributed by atoms with Crippen molar-refractivity contribution in [1.29, 1.82) is 0 Å². The number of fused-ring (bicyclic) bond motifs is 2. The summed E-state index contributed by atoms with van der Waals surface area (Å²) in [4.78, 5) is 33.9. The average Bonchev–Trinajstić information content (AvgIpc) is 2.82. The van der Waals surface area contributed by atoms with Gasteiger partial charge in [0.1, 0.15) is 0 Å². The van der Waals surface area contributed by atoms with Crippen molar-refractivity contribution in [3.05, 3.63) is 40.0 Å². The molecule has 0 bridgehead atoms. The van der Waals surface area contributed by atoms with Gasteiger partial charge in [0.05, 0.1) is 23.2 Å². The van der Waals surface area contributed by atoms with E-state index in [2.05, 4.69) is 0 Å². The van der Waals surface area contributed by atoms with E-state index in [4.69, 9.17) is 21.3 Å². The molecule has 0 saturated carbocycles. The Morgan fingerprint density at radius 3 is 2.84 bits per heavy atom. The lowest BCUT2D eigenvalue weighted by molar-refractivity contribution is 0.0323. The van der Waals surface area contributed by atoms with E-state index >= 15 is 0 Å². The molecule has 1 fully saturated rings. The largest absolute Gasteiger partial charge is 0.449 e. The van der Waals surface area contributed by atoms with Crippen LogP contribution in [0.3, 0.4) is 0 Å². The fourth-order valence-corrected chi connectivity index (χ4v) is 4.99. The Morgan fingerprint density at radius 2 is 2.06 bits per heavy atom. The Bertz CT molecular complexity index is 1010. The maximum Gasteiger partial charge on any atom is 0.410 e. The van der Waals surface area contributed by atoms with Gasteiger partial charge >= 0.3 is 6.09 Å². The molecule has 7 nitrogen and oxygen atoms in total. The molecule has 172 valence electrons. The number of aliphatic hydroxyl groups is 1. The van der Waals surface area contributed by atoms with Crippen LogP contribution < -0.4 is 0 Å². The zero-order valence-corrected chi connectivity index (χ0v) is 19.2. The number of ether oxygens (including phenoxy) is 1. The number of hydrogen-bond donors (Lipinski definition) is 1. The molecule has 8 heteroatoms. The minimum Gasteiger partial charge on any atom is -0.449 e. The normalized spacial score (nSPS) is 18.5. The first kappa shape index (κ1) is 22.8. The van der Waals surface area contributed by atoms with Crippen molar-refractivity contribution in [2.45, 2.75) is 51.5 Å². The molecule has 2 aromatic rings. The third kappa shape index (κ3) is 4.55. The van der Waals surface area contributed by atoms with Crippen LogP contribution in [0.2, 0.25) is 5.02 Å². The standard InChI is InChI=1S/C24H30ClN3O4/c1-2-13-32-24(31)28-11-10-27(15-17(28)9-12-29)23(30)16-7-8-19-21(14-16)26-20-6-4-3-5-18(20)22(19)25/h7-8,14,17,29H,2-6,9-13,15H2,1H3. The third-order valence-electron chi connectivity index (χ3n) is 6.34. The molecule has 1 aromatic carbocycles. The number of pyridine rings is 1. The third-order valence-corrected chi connectivity index (χ3v) is 6.77. The minimum absolute atomic E-state index is 0.0617. The second-order valence-electron chi connectivity index (χ2n) is 8.52. The van der Waals surface area contributed by atoms with Crippen LogP contribution >= 0.6 is 11.6 Å².